The van der Waals surface area contributed by atoms with Gasteiger partial charge in [-0.05, 0) is 5.56 Å². The highest BCUT2D eigenvalue weighted by atomic mass is 16.5. The van der Waals surface area contributed by atoms with Gasteiger partial charge in [0.2, 0.25) is 0 Å². The van der Waals surface area contributed by atoms with E-state index in [9.17, 15) is 14.7 Å². The number of hydrogen-bond donors (Lipinski definition) is 3. The highest BCUT2D eigenvalue weighted by molar-refractivity contribution is 5.83. The Hall–Kier alpha value is -2.12. The molecule has 0 saturated heterocycles. The van der Waals surface area contributed by atoms with Crippen LogP contribution in [0.2, 0.25) is 0 Å². The van der Waals surface area contributed by atoms with Gasteiger partial charge in [-0.2, -0.15) is 0 Å². The van der Waals surface area contributed by atoms with Crippen molar-refractivity contribution in [3.8, 4) is 0 Å². The number of aliphatic hydroxyl groups is 1. The molecule has 0 saturated carbocycles. The van der Waals surface area contributed by atoms with Crippen LogP contribution >= 0.6 is 0 Å². The predicted octanol–water partition coefficient (Wildman–Crippen LogP) is 0.463. The first kappa shape index (κ1) is 16.9. The Balaban J connectivity index is 2.77. The van der Waals surface area contributed by atoms with Gasteiger partial charge in [-0.15, -0.1) is 0 Å². The quantitative estimate of drug-likeness (QED) is 0.647. The zero-order valence-electron chi connectivity index (χ0n) is 11.9. The maximum Gasteiger partial charge on any atom is 0.330 e. The van der Waals surface area contributed by atoms with Gasteiger partial charge in [0.15, 0.2) is 6.04 Å². The molecular weight excluding hydrogens is 276 g/mol. The summed E-state index contributed by atoms with van der Waals surface area (Å²) in [6.07, 6.45) is 0. The predicted molar refractivity (Wildman–Crippen MR) is 75.9 cm³/mol. The monoisotopic (exact) mass is 296 g/mol. The maximum absolute atomic E-state index is 12.1. The van der Waals surface area contributed by atoms with Crippen molar-refractivity contribution in [2.45, 2.75) is 6.04 Å². The van der Waals surface area contributed by atoms with Crippen molar-refractivity contribution in [3.05, 3.63) is 35.9 Å². The van der Waals surface area contributed by atoms with E-state index in [0.717, 1.165) is 0 Å². The van der Waals surface area contributed by atoms with Gasteiger partial charge in [0.05, 0.1) is 13.2 Å². The Morgan fingerprint density at radius 2 is 1.95 bits per heavy atom. The lowest BCUT2D eigenvalue weighted by Crippen LogP contribution is -2.46. The molecule has 7 heteroatoms. The molecule has 0 spiro atoms. The standard InChI is InChI=1S/C14H20N2O5/c1-21-10-8-16(7-9-17)14(20)15-12(13(18)19)11-5-3-2-4-6-11/h2-6,12,17H,7-10H2,1H3,(H,15,20)(H,18,19)/t12-/m1/s1. The molecule has 21 heavy (non-hydrogen) atoms. The second-order valence-electron chi connectivity index (χ2n) is 4.33. The summed E-state index contributed by atoms with van der Waals surface area (Å²) in [5.74, 6) is -1.15. The summed E-state index contributed by atoms with van der Waals surface area (Å²) in [6.45, 7) is 0.469. The highest BCUT2D eigenvalue weighted by Gasteiger charge is 2.24. The first-order valence-electron chi connectivity index (χ1n) is 6.53. The Morgan fingerprint density at radius 3 is 2.48 bits per heavy atom. The van der Waals surface area contributed by atoms with Crippen molar-refractivity contribution >= 4 is 12.0 Å². The molecule has 1 atom stereocenters. The van der Waals surface area contributed by atoms with Gasteiger partial charge in [0.1, 0.15) is 0 Å². The summed E-state index contributed by atoms with van der Waals surface area (Å²) in [5.41, 5.74) is 0.481. The van der Waals surface area contributed by atoms with Crippen LogP contribution in [0, 0.1) is 0 Å². The van der Waals surface area contributed by atoms with Crippen LogP contribution in [-0.2, 0) is 9.53 Å². The normalized spacial score (nSPS) is 11.7. The van der Waals surface area contributed by atoms with E-state index >= 15 is 0 Å². The summed E-state index contributed by atoms with van der Waals surface area (Å²) >= 11 is 0. The lowest BCUT2D eigenvalue weighted by Gasteiger charge is -2.24. The van der Waals surface area contributed by atoms with Gasteiger partial charge in [-0.25, -0.2) is 9.59 Å². The zero-order valence-corrected chi connectivity index (χ0v) is 11.9. The third-order valence-corrected chi connectivity index (χ3v) is 2.87. The van der Waals surface area contributed by atoms with E-state index in [4.69, 9.17) is 9.84 Å². The number of rotatable bonds is 8. The fourth-order valence-corrected chi connectivity index (χ4v) is 1.78. The molecule has 0 unspecified atom stereocenters. The van der Waals surface area contributed by atoms with Crippen LogP contribution in [0.15, 0.2) is 30.3 Å². The molecule has 2 amide bonds. The fraction of sp³-hybridized carbons (Fsp3) is 0.429. The number of amides is 2. The highest BCUT2D eigenvalue weighted by Crippen LogP contribution is 2.13. The second-order valence-corrected chi connectivity index (χ2v) is 4.33. The minimum absolute atomic E-state index is 0.107. The molecule has 3 N–H and O–H groups in total. The summed E-state index contributed by atoms with van der Waals surface area (Å²) in [7, 11) is 1.50. The lowest BCUT2D eigenvalue weighted by atomic mass is 10.1. The van der Waals surface area contributed by atoms with Gasteiger partial charge >= 0.3 is 12.0 Å². The minimum Gasteiger partial charge on any atom is -0.479 e. The van der Waals surface area contributed by atoms with Crippen LogP contribution in [0.4, 0.5) is 4.79 Å². The summed E-state index contributed by atoms with van der Waals surface area (Å²) in [5, 5.41) is 20.7. The van der Waals surface area contributed by atoms with Crippen molar-refractivity contribution < 1.29 is 24.5 Å². The number of urea groups is 1. The molecule has 0 aliphatic carbocycles. The van der Waals surface area contributed by atoms with E-state index in [1.165, 1.54) is 12.0 Å². The molecule has 1 rings (SSSR count). The van der Waals surface area contributed by atoms with Gasteiger partial charge < -0.3 is 25.2 Å². The van der Waals surface area contributed by atoms with E-state index < -0.39 is 18.0 Å². The Kier molecular flexibility index (Phi) is 7.20. The third-order valence-electron chi connectivity index (χ3n) is 2.87. The number of benzene rings is 1. The molecule has 0 aliphatic rings. The Labute approximate surface area is 123 Å². The topological polar surface area (TPSA) is 99.1 Å². The van der Waals surface area contributed by atoms with Crippen LogP contribution < -0.4 is 5.32 Å². The summed E-state index contributed by atoms with van der Waals surface area (Å²) in [4.78, 5) is 24.7. The number of nitrogens with one attached hydrogen (secondary N) is 1. The smallest absolute Gasteiger partial charge is 0.330 e. The van der Waals surface area contributed by atoms with Crippen molar-refractivity contribution in [2.24, 2.45) is 0 Å². The Bertz CT molecular complexity index is 452. The molecule has 0 aliphatic heterocycles. The molecule has 0 heterocycles. The second kappa shape index (κ2) is 8.93. The molecule has 0 radical (unpaired) electrons. The van der Waals surface area contributed by atoms with Gasteiger partial charge in [0.25, 0.3) is 0 Å². The number of carbonyl (C=O) groups is 2. The number of carboxylic acid groups (broad SMARTS) is 1. The van der Waals surface area contributed by atoms with Crippen LogP contribution in [-0.4, -0.2) is 60.5 Å². The molecule has 1 aromatic rings. The molecule has 116 valence electrons. The van der Waals surface area contributed by atoms with Crippen LogP contribution in [0.25, 0.3) is 0 Å². The molecule has 0 bridgehead atoms. The van der Waals surface area contributed by atoms with E-state index in [2.05, 4.69) is 5.32 Å². The molecular formula is C14H20N2O5. The summed E-state index contributed by atoms with van der Waals surface area (Å²) < 4.78 is 4.89. The number of hydrogen-bond acceptors (Lipinski definition) is 4. The first-order chi connectivity index (χ1) is 10.1. The van der Waals surface area contributed by atoms with Crippen LogP contribution in [0.1, 0.15) is 11.6 Å². The van der Waals surface area contributed by atoms with Crippen LogP contribution in [0.3, 0.4) is 0 Å². The Morgan fingerprint density at radius 1 is 1.29 bits per heavy atom. The van der Waals surface area contributed by atoms with Crippen molar-refractivity contribution in [1.29, 1.82) is 0 Å². The number of nitrogens with zero attached hydrogens (tertiary/aromatic N) is 1. The van der Waals surface area contributed by atoms with Crippen molar-refractivity contribution in [2.75, 3.05) is 33.4 Å². The minimum atomic E-state index is -1.15. The number of aliphatic hydroxyl groups excluding tert-OH is 1. The van der Waals surface area contributed by atoms with Gasteiger partial charge in [-0.1, -0.05) is 30.3 Å². The van der Waals surface area contributed by atoms with Crippen LogP contribution in [0.5, 0.6) is 0 Å². The number of ether oxygens (including phenoxy) is 1. The van der Waals surface area contributed by atoms with E-state index in [1.54, 1.807) is 30.3 Å². The lowest BCUT2D eigenvalue weighted by molar-refractivity contribution is -0.139. The average Bonchev–Trinajstić information content (AvgIpc) is 2.49. The molecule has 0 fully saturated rings. The van der Waals surface area contributed by atoms with E-state index in [0.29, 0.717) is 12.2 Å². The number of methoxy groups -OCH3 is 1. The average molecular weight is 296 g/mol. The molecule has 7 nitrogen and oxygen atoms in total. The number of carboxylic acids is 1. The SMILES string of the molecule is COCCN(CCO)C(=O)N[C@@H](C(=O)O)c1ccccc1. The fourth-order valence-electron chi connectivity index (χ4n) is 1.78. The third kappa shape index (κ3) is 5.41. The molecule has 0 aromatic heterocycles. The summed E-state index contributed by atoms with van der Waals surface area (Å²) in [6, 6.07) is 6.73. The van der Waals surface area contributed by atoms with Crippen molar-refractivity contribution in [3.63, 3.8) is 0 Å². The molecule has 1 aromatic carbocycles. The van der Waals surface area contributed by atoms with Gasteiger partial charge in [-0.3, -0.25) is 0 Å². The first-order valence-corrected chi connectivity index (χ1v) is 6.53. The maximum atomic E-state index is 12.1. The largest absolute Gasteiger partial charge is 0.479 e. The van der Waals surface area contributed by atoms with E-state index in [-0.39, 0.29) is 19.7 Å². The van der Waals surface area contributed by atoms with Crippen molar-refractivity contribution in [1.82, 2.24) is 10.2 Å². The number of carbonyl (C=O) groups excluding carboxylic acids is 1. The van der Waals surface area contributed by atoms with E-state index in [1.807, 2.05) is 0 Å². The zero-order chi connectivity index (χ0) is 15.7. The number of aliphatic carboxylic acids is 1. The van der Waals surface area contributed by atoms with Gasteiger partial charge in [0, 0.05) is 20.2 Å².